The number of hydrogen-bond donors (Lipinski definition) is 11. The smallest absolute Gasteiger partial charge is 0.337 e. The van der Waals surface area contributed by atoms with E-state index in [4.69, 9.17) is 56.8 Å². The SMILES string of the molecule is C/C=C1/[C@H](O[C@@H]2O[C@H](CO)[C@@H](O)[C@H](O)[C@H]2O)OC=C(C(=O)OC)[C@H]1CC(=O)OC[C@H]1O[C@@H](O[C@@H]2OC=C(C(=O)OC)[C@@H](CC(=O)OC[C@H]3O[C@@H](OCCc4ccc(O)cc4)[C@H](O)[C@@H](O)[C@@H]3O)/C2=C\C)[C@H](O)[C@@H](O)[C@@H]1O. The first-order chi connectivity index (χ1) is 35.8. The van der Waals surface area contributed by atoms with Gasteiger partial charge < -0.3 is 113 Å². The molecule has 0 unspecified atom stereocenters. The van der Waals surface area contributed by atoms with Crippen LogP contribution in [0.1, 0.15) is 32.3 Å². The number of aliphatic hydroxyl groups is 10. The summed E-state index contributed by atoms with van der Waals surface area (Å²) in [4.78, 5) is 52.8. The molecule has 0 radical (unpaired) electrons. The van der Waals surface area contributed by atoms with Crippen LogP contribution in [-0.2, 0) is 82.4 Å². The van der Waals surface area contributed by atoms with Gasteiger partial charge in [-0.15, -0.1) is 0 Å². The van der Waals surface area contributed by atoms with E-state index in [-0.39, 0.29) is 34.6 Å². The van der Waals surface area contributed by atoms with E-state index in [0.29, 0.717) is 6.42 Å². The maximum atomic E-state index is 13.5. The molecule has 27 nitrogen and oxygen atoms in total. The van der Waals surface area contributed by atoms with E-state index in [9.17, 15) is 75.3 Å². The Bertz CT molecular complexity index is 2230. The molecule has 19 atom stereocenters. The monoisotopic (exact) mass is 1070 g/mol. The number of benzene rings is 1. The van der Waals surface area contributed by atoms with Gasteiger partial charge in [0.25, 0.3) is 0 Å². The summed E-state index contributed by atoms with van der Waals surface area (Å²) in [5.41, 5.74) is 0.581. The van der Waals surface area contributed by atoms with Crippen molar-refractivity contribution in [3.63, 3.8) is 0 Å². The highest BCUT2D eigenvalue weighted by Crippen LogP contribution is 2.39. The summed E-state index contributed by atoms with van der Waals surface area (Å²) in [7, 11) is 2.15. The molecule has 6 rings (SSSR count). The Morgan fingerprint density at radius 3 is 1.37 bits per heavy atom. The Morgan fingerprint density at radius 1 is 0.560 bits per heavy atom. The molecule has 1 aromatic rings. The largest absolute Gasteiger partial charge is 0.508 e. The van der Waals surface area contributed by atoms with Crippen LogP contribution >= 0.6 is 0 Å². The van der Waals surface area contributed by atoms with Crippen LogP contribution in [0.15, 0.2) is 71.2 Å². The van der Waals surface area contributed by atoms with Crippen LogP contribution in [0.4, 0.5) is 0 Å². The first-order valence-corrected chi connectivity index (χ1v) is 23.7. The minimum absolute atomic E-state index is 0.00640. The molecular weight excluding hydrogens is 1010 g/mol. The Kier molecular flexibility index (Phi) is 21.1. The second kappa shape index (κ2) is 26.7. The zero-order valence-corrected chi connectivity index (χ0v) is 41.0. The van der Waals surface area contributed by atoms with Crippen molar-refractivity contribution >= 4 is 23.9 Å². The molecule has 5 heterocycles. The van der Waals surface area contributed by atoms with Gasteiger partial charge in [0.05, 0.1) is 63.9 Å². The van der Waals surface area contributed by atoms with E-state index in [1.807, 2.05) is 0 Å². The molecule has 1 aromatic carbocycles. The summed E-state index contributed by atoms with van der Waals surface area (Å²) in [6.45, 7) is 0.794. The van der Waals surface area contributed by atoms with E-state index >= 15 is 0 Å². The van der Waals surface area contributed by atoms with Crippen LogP contribution in [0.2, 0.25) is 0 Å². The third-order valence-corrected chi connectivity index (χ3v) is 13.1. The maximum Gasteiger partial charge on any atom is 0.337 e. The van der Waals surface area contributed by atoms with Gasteiger partial charge in [0.2, 0.25) is 12.6 Å². The second-order valence-electron chi connectivity index (χ2n) is 17.8. The van der Waals surface area contributed by atoms with E-state index < -0.39 is 173 Å². The third-order valence-electron chi connectivity index (χ3n) is 13.1. The van der Waals surface area contributed by atoms with Gasteiger partial charge in [-0.3, -0.25) is 9.59 Å². The Labute approximate surface area is 428 Å². The van der Waals surface area contributed by atoms with Gasteiger partial charge in [-0.1, -0.05) is 24.3 Å². The maximum absolute atomic E-state index is 13.5. The molecule has 0 aromatic heterocycles. The van der Waals surface area contributed by atoms with E-state index in [0.717, 1.165) is 32.3 Å². The molecule has 3 fully saturated rings. The van der Waals surface area contributed by atoms with Crippen molar-refractivity contribution in [1.29, 1.82) is 0 Å². The van der Waals surface area contributed by atoms with E-state index in [1.54, 1.807) is 12.1 Å². The van der Waals surface area contributed by atoms with E-state index in [2.05, 4.69) is 0 Å². The van der Waals surface area contributed by atoms with Crippen LogP contribution in [0, 0.1) is 11.8 Å². The fraction of sp³-hybridized carbons (Fsp3) is 0.625. The summed E-state index contributed by atoms with van der Waals surface area (Å²) in [6, 6.07) is 6.27. The third kappa shape index (κ3) is 13.9. The van der Waals surface area contributed by atoms with Gasteiger partial charge in [-0.05, 0) is 38.0 Å². The lowest BCUT2D eigenvalue weighted by atomic mass is 9.86. The second-order valence-corrected chi connectivity index (χ2v) is 17.8. The predicted octanol–water partition coefficient (Wildman–Crippen LogP) is -3.78. The lowest BCUT2D eigenvalue weighted by Gasteiger charge is -2.42. The fourth-order valence-electron chi connectivity index (χ4n) is 8.79. The number of phenols is 1. The summed E-state index contributed by atoms with van der Waals surface area (Å²) in [5.74, 6) is -6.18. The number of aliphatic hydroxyl groups excluding tert-OH is 10. The van der Waals surface area contributed by atoms with Crippen LogP contribution in [0.5, 0.6) is 5.75 Å². The molecule has 5 aliphatic rings. The van der Waals surface area contributed by atoms with Crippen LogP contribution < -0.4 is 0 Å². The van der Waals surface area contributed by atoms with Crippen LogP contribution in [-0.4, -0.2) is 225 Å². The Hall–Kier alpha value is -5.18. The van der Waals surface area contributed by atoms with Gasteiger partial charge in [-0.25, -0.2) is 9.59 Å². The minimum Gasteiger partial charge on any atom is -0.508 e. The molecule has 27 heteroatoms. The van der Waals surface area contributed by atoms with Crippen molar-refractivity contribution in [2.24, 2.45) is 11.8 Å². The number of hydrogen-bond acceptors (Lipinski definition) is 27. The average Bonchev–Trinajstić information content (AvgIpc) is 3.40. The van der Waals surface area contributed by atoms with Gasteiger partial charge >= 0.3 is 23.9 Å². The highest BCUT2D eigenvalue weighted by Gasteiger charge is 2.50. The van der Waals surface area contributed by atoms with E-state index in [1.165, 1.54) is 38.1 Å². The van der Waals surface area contributed by atoms with Gasteiger partial charge in [0, 0.05) is 23.0 Å². The molecule has 418 valence electrons. The molecule has 0 spiro atoms. The number of aromatic hydroxyl groups is 1. The number of rotatable bonds is 19. The van der Waals surface area contributed by atoms with Crippen LogP contribution in [0.25, 0.3) is 0 Å². The summed E-state index contributed by atoms with van der Waals surface area (Å²) < 4.78 is 66.1. The Balaban J connectivity index is 1.08. The Morgan fingerprint density at radius 2 is 0.960 bits per heavy atom. The minimum atomic E-state index is -1.99. The lowest BCUT2D eigenvalue weighted by Crippen LogP contribution is -2.60. The van der Waals surface area contributed by atoms with Gasteiger partial charge in [-0.2, -0.15) is 0 Å². The number of methoxy groups -OCH3 is 2. The first-order valence-electron chi connectivity index (χ1n) is 23.7. The molecule has 0 saturated carbocycles. The zero-order valence-electron chi connectivity index (χ0n) is 41.0. The molecule has 11 N–H and O–H groups in total. The van der Waals surface area contributed by atoms with Crippen LogP contribution in [0.3, 0.4) is 0 Å². The predicted molar refractivity (Wildman–Crippen MR) is 243 cm³/mol. The summed E-state index contributed by atoms with van der Waals surface area (Å²) >= 11 is 0. The van der Waals surface area contributed by atoms with Crippen molar-refractivity contribution < 1.29 is 132 Å². The first kappa shape index (κ1) is 59.1. The average molecular weight is 1070 g/mol. The number of ether oxygens (including phenoxy) is 12. The number of phenolic OH excluding ortho intramolecular Hbond substituents is 1. The summed E-state index contributed by atoms with van der Waals surface area (Å²) in [5, 5.41) is 115. The van der Waals surface area contributed by atoms with Crippen molar-refractivity contribution in [2.75, 3.05) is 40.6 Å². The number of carbonyl (C=O) groups is 4. The van der Waals surface area contributed by atoms with Crippen molar-refractivity contribution in [3.05, 3.63) is 76.8 Å². The van der Waals surface area contributed by atoms with Crippen molar-refractivity contribution in [1.82, 2.24) is 0 Å². The standard InChI is InChI=1S/C48H64O27/c1-5-22-24(26(42(62)64-3)16-69-44(22)74-47-40(60)36(56)33(53)28(15-49)71-47)14-32(52)68-19-30-35(55)38(58)41(61)48(73-30)75-45-23(6-2)25(27(17-70-45)43(63)65-4)13-31(51)67-18-29-34(54)37(57)39(59)46(72-29)66-12-11-20-7-9-21(50)10-8-20/h5-10,16-17,24-25,28-30,33-41,44-50,53-61H,11-15,18-19H2,1-4H3/b22-5+,23-6+/t24-,25-,28+,29+,30+,33+,34+,35+,36-,37-,38-,39+,40+,41+,44-,45-,46+,47-,48-/m0/s1. The van der Waals surface area contributed by atoms with Gasteiger partial charge in [0.1, 0.15) is 92.2 Å². The number of esters is 4. The normalized spacial score (nSPS) is 37.1. The molecule has 0 aliphatic carbocycles. The zero-order chi connectivity index (χ0) is 54.8. The summed E-state index contributed by atoms with van der Waals surface area (Å²) in [6.07, 6.45) is -24.9. The highest BCUT2D eigenvalue weighted by molar-refractivity contribution is 5.91. The molecule has 0 bridgehead atoms. The van der Waals surface area contributed by atoms with Gasteiger partial charge in [0.15, 0.2) is 18.9 Å². The van der Waals surface area contributed by atoms with Crippen molar-refractivity contribution in [3.8, 4) is 5.75 Å². The topological polar surface area (TPSA) is 402 Å². The highest BCUT2D eigenvalue weighted by atomic mass is 16.8. The molecule has 75 heavy (non-hydrogen) atoms. The number of allylic oxidation sites excluding steroid dienone is 2. The lowest BCUT2D eigenvalue weighted by molar-refractivity contribution is -0.328. The quantitative estimate of drug-likeness (QED) is 0.0360. The molecule has 3 saturated heterocycles. The molecular formula is C48H64O27. The fourth-order valence-corrected chi connectivity index (χ4v) is 8.79. The van der Waals surface area contributed by atoms with Crippen molar-refractivity contribution in [2.45, 2.75) is 138 Å². The number of carbonyl (C=O) groups excluding carboxylic acids is 4. The molecule has 0 amide bonds. The molecule has 5 aliphatic heterocycles.